The summed E-state index contributed by atoms with van der Waals surface area (Å²) in [6.45, 7) is 0.771. The van der Waals surface area contributed by atoms with E-state index >= 15 is 0 Å². The highest BCUT2D eigenvalue weighted by atomic mass is 15.2. The lowest BCUT2D eigenvalue weighted by molar-refractivity contribution is 0.962. The summed E-state index contributed by atoms with van der Waals surface area (Å²) in [5.41, 5.74) is 1.17. The number of nitriles is 1. The topological polar surface area (TPSA) is 80.6 Å². The van der Waals surface area contributed by atoms with E-state index in [1.54, 1.807) is 13.1 Å². The van der Waals surface area contributed by atoms with Crippen molar-refractivity contribution in [2.45, 2.75) is 6.42 Å². The lowest BCUT2D eigenvalue weighted by Gasteiger charge is -2.09. The van der Waals surface area contributed by atoms with Gasteiger partial charge in [0.2, 0.25) is 0 Å². The minimum atomic E-state index is 0.579. The zero-order chi connectivity index (χ0) is 12.8. The first kappa shape index (κ1) is 11.9. The average Bonchev–Trinajstić information content (AvgIpc) is 2.91. The van der Waals surface area contributed by atoms with Crippen LogP contribution >= 0.6 is 0 Å². The molecule has 92 valence electrons. The zero-order valence-electron chi connectivity index (χ0n) is 10.1. The van der Waals surface area contributed by atoms with Crippen molar-refractivity contribution in [1.82, 2.24) is 15.0 Å². The molecule has 0 aliphatic carbocycles. The number of anilines is 2. The molecule has 2 aromatic rings. The molecule has 0 saturated heterocycles. The SMILES string of the molecule is CN(C#N)c1cc(NCCc2ccc[nH]2)ncn1. The van der Waals surface area contributed by atoms with Crippen LogP contribution in [0.15, 0.2) is 30.7 Å². The summed E-state index contributed by atoms with van der Waals surface area (Å²) >= 11 is 0. The summed E-state index contributed by atoms with van der Waals surface area (Å²) in [5.74, 6) is 1.29. The third-order valence-corrected chi connectivity index (χ3v) is 2.51. The molecule has 18 heavy (non-hydrogen) atoms. The number of hydrogen-bond donors (Lipinski definition) is 2. The van der Waals surface area contributed by atoms with E-state index in [0.717, 1.165) is 13.0 Å². The van der Waals surface area contributed by atoms with Crippen molar-refractivity contribution in [3.63, 3.8) is 0 Å². The first-order valence-electron chi connectivity index (χ1n) is 5.61. The third kappa shape index (κ3) is 2.98. The van der Waals surface area contributed by atoms with E-state index < -0.39 is 0 Å². The second-order valence-corrected chi connectivity index (χ2v) is 3.79. The molecule has 0 aromatic carbocycles. The monoisotopic (exact) mass is 242 g/mol. The number of hydrogen-bond acceptors (Lipinski definition) is 5. The summed E-state index contributed by atoms with van der Waals surface area (Å²) < 4.78 is 0. The Labute approximate surface area is 105 Å². The number of nitrogens with zero attached hydrogens (tertiary/aromatic N) is 4. The Balaban J connectivity index is 1.91. The summed E-state index contributed by atoms with van der Waals surface area (Å²) in [4.78, 5) is 12.6. The number of H-pyrrole nitrogens is 1. The van der Waals surface area contributed by atoms with Gasteiger partial charge in [0.25, 0.3) is 0 Å². The van der Waals surface area contributed by atoms with Crippen LogP contribution in [0.5, 0.6) is 0 Å². The molecule has 2 rings (SSSR count). The van der Waals surface area contributed by atoms with Crippen LogP contribution in [0.25, 0.3) is 0 Å². The van der Waals surface area contributed by atoms with Gasteiger partial charge < -0.3 is 10.3 Å². The normalized spacial score (nSPS) is 9.78. The first-order chi connectivity index (χ1) is 8.79. The Morgan fingerprint density at radius 1 is 1.50 bits per heavy atom. The molecule has 0 bridgehead atoms. The van der Waals surface area contributed by atoms with Crippen molar-refractivity contribution in [1.29, 1.82) is 5.26 Å². The molecule has 2 aromatic heterocycles. The van der Waals surface area contributed by atoms with Crippen LogP contribution in [0.2, 0.25) is 0 Å². The van der Waals surface area contributed by atoms with Gasteiger partial charge in [0.1, 0.15) is 18.0 Å². The summed E-state index contributed by atoms with van der Waals surface area (Å²) in [6, 6.07) is 5.76. The summed E-state index contributed by atoms with van der Waals surface area (Å²) in [5, 5.41) is 12.0. The molecule has 0 amide bonds. The van der Waals surface area contributed by atoms with Crippen LogP contribution in [-0.2, 0) is 6.42 Å². The molecular weight excluding hydrogens is 228 g/mol. The molecule has 2 heterocycles. The van der Waals surface area contributed by atoms with Gasteiger partial charge in [-0.25, -0.2) is 9.97 Å². The van der Waals surface area contributed by atoms with Gasteiger partial charge in [0.05, 0.1) is 0 Å². The Bertz CT molecular complexity index is 528. The molecule has 6 nitrogen and oxygen atoms in total. The molecule has 0 aliphatic rings. The Kier molecular flexibility index (Phi) is 3.76. The molecule has 0 fully saturated rings. The van der Waals surface area contributed by atoms with Gasteiger partial charge in [-0.3, -0.25) is 4.90 Å². The number of nitrogens with one attached hydrogen (secondary N) is 2. The molecule has 0 saturated carbocycles. The van der Waals surface area contributed by atoms with E-state index in [0.29, 0.717) is 11.6 Å². The highest BCUT2D eigenvalue weighted by Crippen LogP contribution is 2.11. The number of aromatic nitrogens is 3. The molecule has 0 atom stereocenters. The van der Waals surface area contributed by atoms with Crippen LogP contribution in [0.1, 0.15) is 5.69 Å². The molecule has 0 aliphatic heterocycles. The van der Waals surface area contributed by atoms with Crippen molar-refractivity contribution in [3.8, 4) is 6.19 Å². The second kappa shape index (κ2) is 5.68. The Morgan fingerprint density at radius 2 is 2.39 bits per heavy atom. The van der Waals surface area contributed by atoms with Gasteiger partial charge in [-0.2, -0.15) is 5.26 Å². The van der Waals surface area contributed by atoms with Crippen LogP contribution in [0.3, 0.4) is 0 Å². The van der Waals surface area contributed by atoms with Gasteiger partial charge in [0.15, 0.2) is 6.19 Å². The fraction of sp³-hybridized carbons (Fsp3) is 0.250. The molecule has 6 heteroatoms. The van der Waals surface area contributed by atoms with Crippen molar-refractivity contribution in [2.75, 3.05) is 23.8 Å². The maximum atomic E-state index is 8.77. The molecule has 0 radical (unpaired) electrons. The molecule has 2 N–H and O–H groups in total. The number of aromatic amines is 1. The maximum Gasteiger partial charge on any atom is 0.185 e. The highest BCUT2D eigenvalue weighted by Gasteiger charge is 2.02. The average molecular weight is 242 g/mol. The highest BCUT2D eigenvalue weighted by molar-refractivity contribution is 5.50. The van der Waals surface area contributed by atoms with Gasteiger partial charge in [-0.15, -0.1) is 0 Å². The summed E-state index contributed by atoms with van der Waals surface area (Å²) in [6.07, 6.45) is 6.23. The van der Waals surface area contributed by atoms with Crippen LogP contribution in [0.4, 0.5) is 11.6 Å². The predicted molar refractivity (Wildman–Crippen MR) is 69.0 cm³/mol. The van der Waals surface area contributed by atoms with E-state index in [1.165, 1.54) is 16.9 Å². The fourth-order valence-electron chi connectivity index (χ4n) is 1.53. The lowest BCUT2D eigenvalue weighted by Crippen LogP contribution is -2.12. The van der Waals surface area contributed by atoms with E-state index in [2.05, 4.69) is 20.3 Å². The van der Waals surface area contributed by atoms with Crippen molar-refractivity contribution < 1.29 is 0 Å². The smallest absolute Gasteiger partial charge is 0.185 e. The zero-order valence-corrected chi connectivity index (χ0v) is 10.1. The van der Waals surface area contributed by atoms with Crippen molar-refractivity contribution in [2.24, 2.45) is 0 Å². The largest absolute Gasteiger partial charge is 0.370 e. The lowest BCUT2D eigenvalue weighted by atomic mass is 10.3. The van der Waals surface area contributed by atoms with Gasteiger partial charge >= 0.3 is 0 Å². The van der Waals surface area contributed by atoms with Gasteiger partial charge in [-0.05, 0) is 12.1 Å². The molecular formula is C12H14N6. The van der Waals surface area contributed by atoms with E-state index in [9.17, 15) is 0 Å². The predicted octanol–water partition coefficient (Wildman–Crippen LogP) is 1.38. The van der Waals surface area contributed by atoms with Crippen LogP contribution in [0, 0.1) is 11.5 Å². The van der Waals surface area contributed by atoms with Crippen molar-refractivity contribution in [3.05, 3.63) is 36.4 Å². The standard InChI is InChI=1S/C12H14N6/c1-18(8-13)12-7-11(16-9-17-12)15-6-4-10-3-2-5-14-10/h2-3,5,7,9,14H,4,6H2,1H3,(H,15,16,17). The van der Waals surface area contributed by atoms with E-state index in [1.807, 2.05) is 24.5 Å². The van der Waals surface area contributed by atoms with Crippen LogP contribution < -0.4 is 10.2 Å². The first-order valence-corrected chi connectivity index (χ1v) is 5.61. The Hall–Kier alpha value is -2.55. The van der Waals surface area contributed by atoms with Crippen LogP contribution in [-0.4, -0.2) is 28.5 Å². The van der Waals surface area contributed by atoms with Gasteiger partial charge in [-0.1, -0.05) is 0 Å². The fourth-order valence-corrected chi connectivity index (χ4v) is 1.53. The van der Waals surface area contributed by atoms with E-state index in [-0.39, 0.29) is 0 Å². The Morgan fingerprint density at radius 3 is 3.11 bits per heavy atom. The quantitative estimate of drug-likeness (QED) is 0.611. The molecule has 0 unspecified atom stereocenters. The molecule has 0 spiro atoms. The van der Waals surface area contributed by atoms with E-state index in [4.69, 9.17) is 5.26 Å². The maximum absolute atomic E-state index is 8.77. The minimum Gasteiger partial charge on any atom is -0.370 e. The van der Waals surface area contributed by atoms with Gasteiger partial charge in [0, 0.05) is 38.0 Å². The number of rotatable bonds is 5. The third-order valence-electron chi connectivity index (χ3n) is 2.51. The van der Waals surface area contributed by atoms with Crippen molar-refractivity contribution >= 4 is 11.6 Å². The summed E-state index contributed by atoms with van der Waals surface area (Å²) in [7, 11) is 1.66. The minimum absolute atomic E-state index is 0.579. The second-order valence-electron chi connectivity index (χ2n) is 3.79.